The SMILES string of the molecule is CC(C)(C)OC(=O)NCCCCC(C=C(CCN)CCN)CN(CCN)CCN. The van der Waals surface area contributed by atoms with E-state index in [4.69, 9.17) is 27.7 Å². The molecule has 0 aliphatic carbocycles. The molecule has 0 heterocycles. The van der Waals surface area contributed by atoms with Gasteiger partial charge in [0.2, 0.25) is 0 Å². The molecule has 0 fully saturated rings. The summed E-state index contributed by atoms with van der Waals surface area (Å²) >= 11 is 0. The van der Waals surface area contributed by atoms with Gasteiger partial charge in [-0.1, -0.05) is 18.1 Å². The van der Waals surface area contributed by atoms with E-state index < -0.39 is 5.60 Å². The monoisotopic (exact) mass is 414 g/mol. The van der Waals surface area contributed by atoms with Crippen molar-refractivity contribution in [3.63, 3.8) is 0 Å². The molecule has 0 saturated heterocycles. The molecule has 0 radical (unpaired) electrons. The Morgan fingerprint density at radius 1 is 1.00 bits per heavy atom. The molecule has 172 valence electrons. The van der Waals surface area contributed by atoms with Gasteiger partial charge < -0.3 is 37.9 Å². The van der Waals surface area contributed by atoms with Crippen molar-refractivity contribution in [3.8, 4) is 0 Å². The van der Waals surface area contributed by atoms with Crippen LogP contribution in [-0.2, 0) is 4.74 Å². The van der Waals surface area contributed by atoms with Crippen LogP contribution in [-0.4, -0.2) is 69.0 Å². The molecule has 0 saturated carbocycles. The van der Waals surface area contributed by atoms with Crippen LogP contribution in [0.3, 0.4) is 0 Å². The van der Waals surface area contributed by atoms with E-state index in [1.807, 2.05) is 20.8 Å². The van der Waals surface area contributed by atoms with Crippen molar-refractivity contribution in [2.45, 2.75) is 58.5 Å². The van der Waals surface area contributed by atoms with Crippen molar-refractivity contribution in [1.82, 2.24) is 10.2 Å². The number of unbranched alkanes of at least 4 members (excludes halogenated alkanes) is 1. The van der Waals surface area contributed by atoms with Crippen LogP contribution in [0.1, 0.15) is 52.9 Å². The van der Waals surface area contributed by atoms with Gasteiger partial charge in [0.1, 0.15) is 5.60 Å². The van der Waals surface area contributed by atoms with Gasteiger partial charge >= 0.3 is 6.09 Å². The van der Waals surface area contributed by atoms with Gasteiger partial charge in [0, 0.05) is 39.3 Å². The van der Waals surface area contributed by atoms with Gasteiger partial charge in [-0.15, -0.1) is 0 Å². The van der Waals surface area contributed by atoms with E-state index in [1.165, 1.54) is 5.57 Å². The number of nitrogens with one attached hydrogen (secondary N) is 1. The van der Waals surface area contributed by atoms with Gasteiger partial charge in [-0.3, -0.25) is 0 Å². The largest absolute Gasteiger partial charge is 0.444 e. The standard InChI is InChI=1S/C21H46N6O2/c1-21(2,3)29-20(28)26-13-5-4-6-19(16-18(7-9-22)8-10-23)17-27(14-11-24)15-12-25/h16,19H,4-15,17,22-25H2,1-3H3,(H,26,28). The van der Waals surface area contributed by atoms with Crippen LogP contribution in [0.15, 0.2) is 11.6 Å². The van der Waals surface area contributed by atoms with Gasteiger partial charge in [-0.25, -0.2) is 4.79 Å². The highest BCUT2D eigenvalue weighted by molar-refractivity contribution is 5.67. The number of ether oxygens (including phenoxy) is 1. The van der Waals surface area contributed by atoms with Gasteiger partial charge in [0.05, 0.1) is 0 Å². The zero-order valence-electron chi connectivity index (χ0n) is 18.9. The normalized spacial score (nSPS) is 12.7. The smallest absolute Gasteiger partial charge is 0.407 e. The molecule has 0 aliphatic heterocycles. The Morgan fingerprint density at radius 3 is 2.07 bits per heavy atom. The first-order valence-electron chi connectivity index (χ1n) is 10.9. The molecule has 0 aromatic heterocycles. The molecule has 0 aromatic carbocycles. The maximum absolute atomic E-state index is 11.7. The average Bonchev–Trinajstić information content (AvgIpc) is 2.60. The summed E-state index contributed by atoms with van der Waals surface area (Å²) in [5.74, 6) is 0.391. The van der Waals surface area contributed by atoms with E-state index in [0.717, 1.165) is 51.7 Å². The van der Waals surface area contributed by atoms with E-state index in [0.29, 0.717) is 38.6 Å². The van der Waals surface area contributed by atoms with Gasteiger partial charge in [-0.05, 0) is 65.5 Å². The number of amides is 1. The Labute approximate surface area is 177 Å². The second-order valence-corrected chi connectivity index (χ2v) is 8.46. The number of nitrogens with two attached hydrogens (primary N) is 4. The predicted octanol–water partition coefficient (Wildman–Crippen LogP) is 1.14. The summed E-state index contributed by atoms with van der Waals surface area (Å²) in [5, 5.41) is 2.82. The third kappa shape index (κ3) is 16.3. The summed E-state index contributed by atoms with van der Waals surface area (Å²) in [7, 11) is 0. The fourth-order valence-electron chi connectivity index (χ4n) is 3.25. The Balaban J connectivity index is 4.71. The lowest BCUT2D eigenvalue weighted by molar-refractivity contribution is 0.0527. The summed E-state index contributed by atoms with van der Waals surface area (Å²) in [6, 6.07) is 0. The van der Waals surface area contributed by atoms with Gasteiger partial charge in [0.15, 0.2) is 0 Å². The average molecular weight is 415 g/mol. The third-order valence-corrected chi connectivity index (χ3v) is 4.46. The summed E-state index contributed by atoms with van der Waals surface area (Å²) in [4.78, 5) is 14.1. The fraction of sp³-hybridized carbons (Fsp3) is 0.857. The lowest BCUT2D eigenvalue weighted by Gasteiger charge is -2.26. The molecule has 9 N–H and O–H groups in total. The van der Waals surface area contributed by atoms with Crippen LogP contribution in [0, 0.1) is 5.92 Å². The van der Waals surface area contributed by atoms with Crippen LogP contribution in [0.5, 0.6) is 0 Å². The van der Waals surface area contributed by atoms with Crippen molar-refractivity contribution in [3.05, 3.63) is 11.6 Å². The minimum Gasteiger partial charge on any atom is -0.444 e. The van der Waals surface area contributed by atoms with Crippen molar-refractivity contribution in [2.75, 3.05) is 52.4 Å². The van der Waals surface area contributed by atoms with E-state index in [9.17, 15) is 4.79 Å². The van der Waals surface area contributed by atoms with E-state index in [-0.39, 0.29) is 6.09 Å². The summed E-state index contributed by atoms with van der Waals surface area (Å²) < 4.78 is 5.26. The van der Waals surface area contributed by atoms with Crippen molar-refractivity contribution in [2.24, 2.45) is 28.9 Å². The molecule has 29 heavy (non-hydrogen) atoms. The molecule has 8 heteroatoms. The highest BCUT2D eigenvalue weighted by Crippen LogP contribution is 2.17. The summed E-state index contributed by atoms with van der Waals surface area (Å²) in [6.07, 6.45) is 6.68. The quantitative estimate of drug-likeness (QED) is 0.188. The van der Waals surface area contributed by atoms with E-state index >= 15 is 0 Å². The second-order valence-electron chi connectivity index (χ2n) is 8.46. The molecule has 1 amide bonds. The number of carbonyl (C=O) groups excluding carboxylic acids is 1. The minimum atomic E-state index is -0.474. The number of carbonyl (C=O) groups is 1. The van der Waals surface area contributed by atoms with Gasteiger partial charge in [0.25, 0.3) is 0 Å². The summed E-state index contributed by atoms with van der Waals surface area (Å²) in [5.41, 5.74) is 23.9. The third-order valence-electron chi connectivity index (χ3n) is 4.46. The number of hydrogen-bond donors (Lipinski definition) is 5. The van der Waals surface area contributed by atoms with Crippen LogP contribution < -0.4 is 28.3 Å². The van der Waals surface area contributed by atoms with Crippen molar-refractivity contribution < 1.29 is 9.53 Å². The number of hydrogen-bond acceptors (Lipinski definition) is 7. The molecule has 0 bridgehead atoms. The maximum Gasteiger partial charge on any atom is 0.407 e. The molecule has 1 atom stereocenters. The molecular formula is C21H46N6O2. The first-order chi connectivity index (χ1) is 13.8. The Kier molecular flexibility index (Phi) is 15.9. The minimum absolute atomic E-state index is 0.362. The number of nitrogens with zero attached hydrogens (tertiary/aromatic N) is 1. The molecule has 0 aromatic rings. The molecule has 8 nitrogen and oxygen atoms in total. The zero-order chi connectivity index (χ0) is 22.1. The lowest BCUT2D eigenvalue weighted by atomic mass is 9.95. The highest BCUT2D eigenvalue weighted by Gasteiger charge is 2.16. The van der Waals surface area contributed by atoms with Crippen LogP contribution >= 0.6 is 0 Å². The van der Waals surface area contributed by atoms with Crippen molar-refractivity contribution >= 4 is 6.09 Å². The highest BCUT2D eigenvalue weighted by atomic mass is 16.6. The maximum atomic E-state index is 11.7. The van der Waals surface area contributed by atoms with Gasteiger partial charge in [-0.2, -0.15) is 0 Å². The molecule has 1 unspecified atom stereocenters. The number of alkyl carbamates (subject to hydrolysis) is 1. The fourth-order valence-corrected chi connectivity index (χ4v) is 3.25. The topological polar surface area (TPSA) is 146 Å². The summed E-state index contributed by atoms with van der Waals surface area (Å²) in [6.45, 7) is 11.3. The Hall–Kier alpha value is -1.19. The lowest BCUT2D eigenvalue weighted by Crippen LogP contribution is -2.37. The first-order valence-corrected chi connectivity index (χ1v) is 10.9. The van der Waals surface area contributed by atoms with E-state index in [1.54, 1.807) is 0 Å². The Bertz CT molecular complexity index is 437. The predicted molar refractivity (Wildman–Crippen MR) is 122 cm³/mol. The zero-order valence-corrected chi connectivity index (χ0v) is 18.9. The molecular weight excluding hydrogens is 368 g/mol. The van der Waals surface area contributed by atoms with Crippen LogP contribution in [0.25, 0.3) is 0 Å². The molecule has 0 aliphatic rings. The first kappa shape index (κ1) is 27.8. The van der Waals surface area contributed by atoms with Crippen LogP contribution in [0.2, 0.25) is 0 Å². The van der Waals surface area contributed by atoms with Crippen molar-refractivity contribution in [1.29, 1.82) is 0 Å². The van der Waals surface area contributed by atoms with E-state index in [2.05, 4.69) is 16.3 Å². The van der Waals surface area contributed by atoms with Crippen LogP contribution in [0.4, 0.5) is 4.79 Å². The molecule has 0 spiro atoms. The second kappa shape index (κ2) is 16.6. The number of rotatable bonds is 16. The molecule has 0 rings (SSSR count). The Morgan fingerprint density at radius 2 is 1.59 bits per heavy atom.